The number of nitrogens with zero attached hydrogens (tertiary/aromatic N) is 2. The first-order valence-corrected chi connectivity index (χ1v) is 10.2. The first-order valence-electron chi connectivity index (χ1n) is 10.2. The highest BCUT2D eigenvalue weighted by Crippen LogP contribution is 2.38. The molecule has 3 aromatic carbocycles. The normalized spacial score (nSPS) is 10.5. The number of carbonyl (C=O) groups excluding carboxylic acids is 1. The van der Waals surface area contributed by atoms with Crippen LogP contribution in [-0.2, 0) is 0 Å². The molecule has 0 fully saturated rings. The van der Waals surface area contributed by atoms with E-state index < -0.39 is 0 Å². The number of ether oxygens (including phenoxy) is 3. The summed E-state index contributed by atoms with van der Waals surface area (Å²) in [6, 6.07) is 18.1. The number of methoxy groups -OCH3 is 3. The molecule has 1 aromatic heterocycles. The minimum Gasteiger partial charge on any atom is -0.493 e. The van der Waals surface area contributed by atoms with Gasteiger partial charge in [0.15, 0.2) is 11.5 Å². The van der Waals surface area contributed by atoms with Gasteiger partial charge in [-0.25, -0.2) is 0 Å². The lowest BCUT2D eigenvalue weighted by Crippen LogP contribution is -2.12. The van der Waals surface area contributed by atoms with Gasteiger partial charge in [-0.1, -0.05) is 18.2 Å². The van der Waals surface area contributed by atoms with Gasteiger partial charge in [-0.15, -0.1) is 10.2 Å². The molecule has 0 aliphatic rings. The third-order valence-electron chi connectivity index (χ3n) is 5.12. The van der Waals surface area contributed by atoms with Crippen molar-refractivity contribution in [2.45, 2.75) is 6.92 Å². The van der Waals surface area contributed by atoms with E-state index in [1.165, 1.54) is 21.3 Å². The number of aryl methyl sites for hydroxylation is 1. The van der Waals surface area contributed by atoms with Crippen LogP contribution < -0.4 is 19.5 Å². The van der Waals surface area contributed by atoms with Crippen LogP contribution in [0.3, 0.4) is 0 Å². The molecule has 0 saturated heterocycles. The van der Waals surface area contributed by atoms with Crippen molar-refractivity contribution in [3.8, 4) is 40.2 Å². The second-order valence-electron chi connectivity index (χ2n) is 7.17. The third kappa shape index (κ3) is 4.50. The van der Waals surface area contributed by atoms with Crippen LogP contribution in [0.15, 0.2) is 65.1 Å². The number of amides is 1. The maximum Gasteiger partial charge on any atom is 0.255 e. The van der Waals surface area contributed by atoms with Crippen LogP contribution in [0.25, 0.3) is 22.9 Å². The van der Waals surface area contributed by atoms with E-state index >= 15 is 0 Å². The molecular formula is C25H23N3O5. The van der Waals surface area contributed by atoms with E-state index in [2.05, 4.69) is 15.5 Å². The van der Waals surface area contributed by atoms with Crippen LogP contribution in [0.2, 0.25) is 0 Å². The van der Waals surface area contributed by atoms with Crippen molar-refractivity contribution in [1.82, 2.24) is 10.2 Å². The smallest absolute Gasteiger partial charge is 0.255 e. The molecule has 4 rings (SSSR count). The fourth-order valence-corrected chi connectivity index (χ4v) is 3.37. The lowest BCUT2D eigenvalue weighted by atomic mass is 10.1. The van der Waals surface area contributed by atoms with Gasteiger partial charge < -0.3 is 23.9 Å². The Morgan fingerprint density at radius 2 is 1.48 bits per heavy atom. The molecule has 168 valence electrons. The van der Waals surface area contributed by atoms with E-state index in [0.29, 0.717) is 40.3 Å². The average molecular weight is 445 g/mol. The molecule has 33 heavy (non-hydrogen) atoms. The Morgan fingerprint density at radius 1 is 0.848 bits per heavy atom. The molecule has 0 saturated carbocycles. The topological polar surface area (TPSA) is 95.7 Å². The summed E-state index contributed by atoms with van der Waals surface area (Å²) in [7, 11) is 4.51. The summed E-state index contributed by atoms with van der Waals surface area (Å²) in [5, 5.41) is 11.2. The van der Waals surface area contributed by atoms with Gasteiger partial charge >= 0.3 is 0 Å². The highest BCUT2D eigenvalue weighted by atomic mass is 16.5. The van der Waals surface area contributed by atoms with Crippen LogP contribution in [0.4, 0.5) is 5.69 Å². The molecule has 1 amide bonds. The first-order chi connectivity index (χ1) is 16.0. The maximum atomic E-state index is 12.8. The molecule has 0 spiro atoms. The lowest BCUT2D eigenvalue weighted by molar-refractivity contribution is 0.102. The molecule has 1 heterocycles. The largest absolute Gasteiger partial charge is 0.493 e. The molecule has 0 radical (unpaired) electrons. The van der Waals surface area contributed by atoms with Crippen LogP contribution in [-0.4, -0.2) is 37.4 Å². The van der Waals surface area contributed by atoms with Crippen molar-refractivity contribution < 1.29 is 23.4 Å². The zero-order chi connectivity index (χ0) is 23.4. The molecule has 8 heteroatoms. The summed E-state index contributed by atoms with van der Waals surface area (Å²) in [5.41, 5.74) is 3.67. The number of aromatic nitrogens is 2. The highest BCUT2D eigenvalue weighted by Gasteiger charge is 2.17. The van der Waals surface area contributed by atoms with Crippen molar-refractivity contribution in [2.24, 2.45) is 0 Å². The molecule has 0 aliphatic carbocycles. The molecule has 1 N–H and O–H groups in total. The van der Waals surface area contributed by atoms with Crippen molar-refractivity contribution in [3.63, 3.8) is 0 Å². The zero-order valence-corrected chi connectivity index (χ0v) is 18.7. The molecular weight excluding hydrogens is 422 g/mol. The van der Waals surface area contributed by atoms with Gasteiger partial charge in [-0.05, 0) is 55.0 Å². The molecule has 0 unspecified atom stereocenters. The number of hydrogen-bond donors (Lipinski definition) is 1. The van der Waals surface area contributed by atoms with Crippen LogP contribution in [0, 0.1) is 6.92 Å². The number of hydrogen-bond acceptors (Lipinski definition) is 7. The maximum absolute atomic E-state index is 12.8. The van der Waals surface area contributed by atoms with Gasteiger partial charge in [-0.3, -0.25) is 4.79 Å². The van der Waals surface area contributed by atoms with E-state index in [1.807, 2.05) is 31.2 Å². The number of benzene rings is 3. The summed E-state index contributed by atoms with van der Waals surface area (Å²) in [5.74, 6) is 1.77. The monoisotopic (exact) mass is 445 g/mol. The SMILES string of the molecule is COc1cc(C(=O)Nc2ccc(-c3nnc(-c4ccccc4C)o3)cc2)cc(OC)c1OC. The molecule has 8 nitrogen and oxygen atoms in total. The average Bonchev–Trinajstić information content (AvgIpc) is 3.33. The molecule has 0 bridgehead atoms. The summed E-state index contributed by atoms with van der Waals surface area (Å²) < 4.78 is 21.8. The molecule has 0 aliphatic heterocycles. The fourth-order valence-electron chi connectivity index (χ4n) is 3.37. The Balaban J connectivity index is 1.52. The van der Waals surface area contributed by atoms with Gasteiger partial charge in [0.25, 0.3) is 5.91 Å². The van der Waals surface area contributed by atoms with Gasteiger partial charge in [0, 0.05) is 22.4 Å². The summed E-state index contributed by atoms with van der Waals surface area (Å²) in [6.45, 7) is 1.99. The zero-order valence-electron chi connectivity index (χ0n) is 18.7. The molecule has 4 aromatic rings. The van der Waals surface area contributed by atoms with Crippen LogP contribution in [0.1, 0.15) is 15.9 Å². The highest BCUT2D eigenvalue weighted by molar-refractivity contribution is 6.05. The first kappa shape index (κ1) is 21.9. The minimum atomic E-state index is -0.318. The Labute approximate surface area is 191 Å². The third-order valence-corrected chi connectivity index (χ3v) is 5.12. The number of nitrogens with one attached hydrogen (secondary N) is 1. The van der Waals surface area contributed by atoms with E-state index in [4.69, 9.17) is 18.6 Å². The van der Waals surface area contributed by atoms with Crippen molar-refractivity contribution in [1.29, 1.82) is 0 Å². The Hall–Kier alpha value is -4.33. The van der Waals surface area contributed by atoms with Gasteiger partial charge in [0.2, 0.25) is 17.5 Å². The van der Waals surface area contributed by atoms with Crippen molar-refractivity contribution >= 4 is 11.6 Å². The Kier molecular flexibility index (Phi) is 6.26. The quantitative estimate of drug-likeness (QED) is 0.428. The Bertz CT molecular complexity index is 1260. The van der Waals surface area contributed by atoms with Crippen molar-refractivity contribution in [3.05, 3.63) is 71.8 Å². The standard InChI is InChI=1S/C25H23N3O5/c1-15-7-5-6-8-19(15)25-28-27-24(33-25)16-9-11-18(12-10-16)26-23(29)17-13-20(30-2)22(32-4)21(14-17)31-3/h5-14H,1-4H3,(H,26,29). The minimum absolute atomic E-state index is 0.318. The van der Waals surface area contributed by atoms with Crippen LogP contribution in [0.5, 0.6) is 17.2 Å². The number of carbonyl (C=O) groups is 1. The van der Waals surface area contributed by atoms with E-state index in [-0.39, 0.29) is 5.91 Å². The van der Waals surface area contributed by atoms with Gasteiger partial charge in [-0.2, -0.15) is 0 Å². The number of anilines is 1. The van der Waals surface area contributed by atoms with Crippen molar-refractivity contribution in [2.75, 3.05) is 26.6 Å². The van der Waals surface area contributed by atoms with Crippen LogP contribution >= 0.6 is 0 Å². The van der Waals surface area contributed by atoms with Gasteiger partial charge in [0.05, 0.1) is 21.3 Å². The summed E-state index contributed by atoms with van der Waals surface area (Å²) >= 11 is 0. The second-order valence-corrected chi connectivity index (χ2v) is 7.17. The second kappa shape index (κ2) is 9.44. The Morgan fingerprint density at radius 3 is 2.09 bits per heavy atom. The van der Waals surface area contributed by atoms with E-state index in [1.54, 1.807) is 36.4 Å². The van der Waals surface area contributed by atoms with E-state index in [0.717, 1.165) is 16.7 Å². The molecule has 0 atom stereocenters. The lowest BCUT2D eigenvalue weighted by Gasteiger charge is -2.14. The van der Waals surface area contributed by atoms with E-state index in [9.17, 15) is 4.79 Å². The predicted molar refractivity (Wildman–Crippen MR) is 124 cm³/mol. The number of rotatable bonds is 7. The fraction of sp³-hybridized carbons (Fsp3) is 0.160. The summed E-state index contributed by atoms with van der Waals surface area (Å²) in [6.07, 6.45) is 0. The van der Waals surface area contributed by atoms with Gasteiger partial charge in [0.1, 0.15) is 0 Å². The predicted octanol–water partition coefficient (Wildman–Crippen LogP) is 4.99. The summed E-state index contributed by atoms with van der Waals surface area (Å²) in [4.78, 5) is 12.8.